The first-order valence-electron chi connectivity index (χ1n) is 7.07. The van der Waals surface area contributed by atoms with Crippen molar-refractivity contribution >= 4 is 6.03 Å². The summed E-state index contributed by atoms with van der Waals surface area (Å²) in [7, 11) is 0. The van der Waals surface area contributed by atoms with Gasteiger partial charge in [0.1, 0.15) is 0 Å². The van der Waals surface area contributed by atoms with E-state index in [9.17, 15) is 4.79 Å². The van der Waals surface area contributed by atoms with Crippen LogP contribution in [0.4, 0.5) is 4.79 Å². The van der Waals surface area contributed by atoms with E-state index >= 15 is 0 Å². The summed E-state index contributed by atoms with van der Waals surface area (Å²) in [6.45, 7) is 4.72. The van der Waals surface area contributed by atoms with Crippen molar-refractivity contribution in [3.8, 4) is 0 Å². The van der Waals surface area contributed by atoms with E-state index in [1.165, 1.54) is 32.1 Å². The van der Waals surface area contributed by atoms with Crippen LogP contribution in [0.1, 0.15) is 46.0 Å². The van der Waals surface area contributed by atoms with Gasteiger partial charge in [-0.05, 0) is 61.7 Å². The minimum absolute atomic E-state index is 0.0632. The van der Waals surface area contributed by atoms with Crippen molar-refractivity contribution in [3.63, 3.8) is 0 Å². The van der Waals surface area contributed by atoms with Crippen LogP contribution in [-0.4, -0.2) is 11.6 Å². The summed E-state index contributed by atoms with van der Waals surface area (Å²) in [6.07, 6.45) is 6.30. The molecule has 17 heavy (non-hydrogen) atoms. The van der Waals surface area contributed by atoms with Gasteiger partial charge in [0, 0.05) is 5.54 Å². The highest BCUT2D eigenvalue weighted by atomic mass is 16.2. The fourth-order valence-corrected chi connectivity index (χ4v) is 5.57. The molecule has 4 bridgehead atoms. The van der Waals surface area contributed by atoms with Crippen LogP contribution in [0.3, 0.4) is 0 Å². The Balaban J connectivity index is 1.84. The van der Waals surface area contributed by atoms with Crippen LogP contribution < -0.4 is 11.1 Å². The van der Waals surface area contributed by atoms with Crippen molar-refractivity contribution in [1.29, 1.82) is 0 Å². The summed E-state index contributed by atoms with van der Waals surface area (Å²) in [5, 5.41) is 3.09. The van der Waals surface area contributed by atoms with Gasteiger partial charge in [0.05, 0.1) is 0 Å². The van der Waals surface area contributed by atoms with E-state index < -0.39 is 0 Å². The number of amides is 2. The molecular formula is C14H24N2O. The van der Waals surface area contributed by atoms with Gasteiger partial charge in [0.15, 0.2) is 0 Å². The molecule has 2 atom stereocenters. The molecule has 0 radical (unpaired) electrons. The van der Waals surface area contributed by atoms with Crippen LogP contribution in [0.25, 0.3) is 0 Å². The molecule has 96 valence electrons. The van der Waals surface area contributed by atoms with Gasteiger partial charge in [-0.3, -0.25) is 0 Å². The van der Waals surface area contributed by atoms with Crippen molar-refractivity contribution in [1.82, 2.24) is 5.32 Å². The molecule has 0 saturated heterocycles. The van der Waals surface area contributed by atoms with Gasteiger partial charge in [0.25, 0.3) is 0 Å². The first kappa shape index (κ1) is 11.4. The average molecular weight is 236 g/mol. The van der Waals surface area contributed by atoms with Gasteiger partial charge in [-0.2, -0.15) is 0 Å². The van der Waals surface area contributed by atoms with Crippen LogP contribution >= 0.6 is 0 Å². The number of carbonyl (C=O) groups excluding carboxylic acids is 1. The van der Waals surface area contributed by atoms with Gasteiger partial charge in [-0.1, -0.05) is 13.8 Å². The lowest BCUT2D eigenvalue weighted by Crippen LogP contribution is -2.63. The maximum absolute atomic E-state index is 11.2. The molecular weight excluding hydrogens is 212 g/mol. The summed E-state index contributed by atoms with van der Waals surface area (Å²) in [5.41, 5.74) is 5.42. The number of rotatable bonds is 2. The van der Waals surface area contributed by atoms with E-state index in [-0.39, 0.29) is 11.6 Å². The Labute approximate surface area is 104 Å². The molecule has 4 aliphatic carbocycles. The molecule has 0 heterocycles. The largest absolute Gasteiger partial charge is 0.352 e. The zero-order valence-corrected chi connectivity index (χ0v) is 10.9. The summed E-state index contributed by atoms with van der Waals surface area (Å²) >= 11 is 0. The van der Waals surface area contributed by atoms with Gasteiger partial charge in [-0.15, -0.1) is 0 Å². The van der Waals surface area contributed by atoms with Crippen LogP contribution in [0.2, 0.25) is 0 Å². The van der Waals surface area contributed by atoms with Crippen LogP contribution in [0, 0.1) is 29.6 Å². The highest BCUT2D eigenvalue weighted by molar-refractivity contribution is 5.72. The predicted molar refractivity (Wildman–Crippen MR) is 67.3 cm³/mol. The van der Waals surface area contributed by atoms with E-state index in [1.54, 1.807) is 0 Å². The molecule has 0 aromatic rings. The minimum atomic E-state index is -0.326. The topological polar surface area (TPSA) is 55.1 Å². The summed E-state index contributed by atoms with van der Waals surface area (Å²) < 4.78 is 0. The second-order valence-corrected chi connectivity index (χ2v) is 7.06. The highest BCUT2D eigenvalue weighted by Gasteiger charge is 2.56. The first-order valence-corrected chi connectivity index (χ1v) is 7.07. The van der Waals surface area contributed by atoms with E-state index in [0.29, 0.717) is 0 Å². The molecule has 3 heteroatoms. The molecule has 2 amide bonds. The molecule has 4 fully saturated rings. The first-order chi connectivity index (χ1) is 7.99. The fourth-order valence-electron chi connectivity index (χ4n) is 5.57. The number of hydrogen-bond donors (Lipinski definition) is 2. The third-order valence-electron chi connectivity index (χ3n) is 5.50. The zero-order valence-electron chi connectivity index (χ0n) is 10.9. The van der Waals surface area contributed by atoms with Crippen molar-refractivity contribution in [2.45, 2.75) is 51.5 Å². The quantitative estimate of drug-likeness (QED) is 0.760. The lowest BCUT2D eigenvalue weighted by atomic mass is 9.47. The van der Waals surface area contributed by atoms with Crippen molar-refractivity contribution < 1.29 is 4.79 Å². The van der Waals surface area contributed by atoms with Crippen LogP contribution in [0.15, 0.2) is 0 Å². The van der Waals surface area contributed by atoms with Crippen molar-refractivity contribution in [2.75, 3.05) is 0 Å². The number of hydrogen-bond acceptors (Lipinski definition) is 1. The van der Waals surface area contributed by atoms with Crippen LogP contribution in [-0.2, 0) is 0 Å². The van der Waals surface area contributed by atoms with Gasteiger partial charge < -0.3 is 11.1 Å². The molecule has 3 N–H and O–H groups in total. The van der Waals surface area contributed by atoms with E-state index in [0.717, 1.165) is 29.6 Å². The molecule has 4 aliphatic rings. The Bertz CT molecular complexity index is 323. The number of primary amides is 1. The second kappa shape index (κ2) is 3.63. The zero-order chi connectivity index (χ0) is 12.2. The lowest BCUT2D eigenvalue weighted by molar-refractivity contribution is -0.0772. The number of carbonyl (C=O) groups is 1. The molecule has 2 unspecified atom stereocenters. The summed E-state index contributed by atoms with van der Waals surface area (Å²) in [6, 6.07) is -0.326. The summed E-state index contributed by atoms with van der Waals surface area (Å²) in [5.74, 6) is 4.17. The van der Waals surface area contributed by atoms with Gasteiger partial charge in [-0.25, -0.2) is 4.79 Å². The minimum Gasteiger partial charge on any atom is -0.352 e. The molecule has 0 aromatic carbocycles. The smallest absolute Gasteiger partial charge is 0.312 e. The third-order valence-corrected chi connectivity index (χ3v) is 5.50. The highest BCUT2D eigenvalue weighted by Crippen LogP contribution is 2.59. The van der Waals surface area contributed by atoms with Gasteiger partial charge >= 0.3 is 6.03 Å². The van der Waals surface area contributed by atoms with E-state index in [2.05, 4.69) is 19.2 Å². The number of urea groups is 1. The molecule has 4 rings (SSSR count). The Morgan fingerprint density at radius 2 is 1.82 bits per heavy atom. The Kier molecular flexibility index (Phi) is 2.43. The predicted octanol–water partition coefficient (Wildman–Crippen LogP) is 2.51. The second-order valence-electron chi connectivity index (χ2n) is 7.06. The van der Waals surface area contributed by atoms with E-state index in [4.69, 9.17) is 5.73 Å². The maximum Gasteiger partial charge on any atom is 0.312 e. The Morgan fingerprint density at radius 3 is 2.29 bits per heavy atom. The molecule has 0 aromatic heterocycles. The van der Waals surface area contributed by atoms with Crippen molar-refractivity contribution in [2.24, 2.45) is 35.3 Å². The standard InChI is InChI=1S/C14H24N2O/c1-8(2)12-10-3-9-4-11(12)7-14(5-9,6-10)16-13(15)17/h8-12H,3-7H2,1-2H3,(H3,15,16,17)/t9?,10?,11?,12-,14-. The Hall–Kier alpha value is -0.730. The maximum atomic E-state index is 11.2. The summed E-state index contributed by atoms with van der Waals surface area (Å²) in [4.78, 5) is 11.2. The molecule has 0 spiro atoms. The Morgan fingerprint density at radius 1 is 1.24 bits per heavy atom. The fraction of sp³-hybridized carbons (Fsp3) is 0.929. The lowest BCUT2D eigenvalue weighted by Gasteiger charge is -2.61. The SMILES string of the molecule is CC(C)[C@H]1C2CC3CC1C[C@](NC(N)=O)(C3)C2. The molecule has 3 nitrogen and oxygen atoms in total. The molecule has 0 aliphatic heterocycles. The average Bonchev–Trinajstić information content (AvgIpc) is 2.11. The van der Waals surface area contributed by atoms with Crippen molar-refractivity contribution in [3.05, 3.63) is 0 Å². The van der Waals surface area contributed by atoms with E-state index in [1.807, 2.05) is 0 Å². The molecule has 4 saturated carbocycles. The third kappa shape index (κ3) is 1.74. The van der Waals surface area contributed by atoms with Gasteiger partial charge in [0.2, 0.25) is 0 Å². The normalized spacial score (nSPS) is 47.5. The number of nitrogens with one attached hydrogen (secondary N) is 1. The van der Waals surface area contributed by atoms with Crippen LogP contribution in [0.5, 0.6) is 0 Å². The monoisotopic (exact) mass is 236 g/mol. The number of nitrogens with two attached hydrogens (primary N) is 1.